The largest absolute Gasteiger partial charge is 0.497 e. The van der Waals surface area contributed by atoms with Gasteiger partial charge >= 0.3 is 0 Å². The Kier molecular flexibility index (Phi) is 6.01. The van der Waals surface area contributed by atoms with Gasteiger partial charge in [-0.1, -0.05) is 25.5 Å². The summed E-state index contributed by atoms with van der Waals surface area (Å²) in [5.41, 5.74) is 1.32. The maximum atomic E-state index is 5.18. The molecule has 0 saturated carbocycles. The van der Waals surface area contributed by atoms with E-state index >= 15 is 0 Å². The van der Waals surface area contributed by atoms with Crippen molar-refractivity contribution in [2.24, 2.45) is 5.92 Å². The van der Waals surface area contributed by atoms with Crippen molar-refractivity contribution in [3.63, 3.8) is 0 Å². The number of rotatable bonds is 7. The Hall–Kier alpha value is -1.06. The van der Waals surface area contributed by atoms with E-state index < -0.39 is 0 Å². The van der Waals surface area contributed by atoms with Crippen LogP contribution >= 0.6 is 0 Å². The standard InChI is InChI=1S/C14H24N2O/c1-5-11(10-15-2)14(16-3)12-6-8-13(17-4)9-7-12/h6-9,11,14-16H,5,10H2,1-4H3. The van der Waals surface area contributed by atoms with Crippen LogP contribution in [0.3, 0.4) is 0 Å². The van der Waals surface area contributed by atoms with Crippen LogP contribution in [0.2, 0.25) is 0 Å². The van der Waals surface area contributed by atoms with Crippen LogP contribution in [0.15, 0.2) is 24.3 Å². The molecule has 0 spiro atoms. The lowest BCUT2D eigenvalue weighted by Gasteiger charge is -2.26. The number of hydrogen-bond acceptors (Lipinski definition) is 3. The monoisotopic (exact) mass is 236 g/mol. The van der Waals surface area contributed by atoms with Gasteiger partial charge in [0.15, 0.2) is 0 Å². The Balaban J connectivity index is 2.83. The predicted molar refractivity (Wildman–Crippen MR) is 72.5 cm³/mol. The van der Waals surface area contributed by atoms with Crippen molar-refractivity contribution in [3.05, 3.63) is 29.8 Å². The van der Waals surface area contributed by atoms with Gasteiger partial charge in [-0.3, -0.25) is 0 Å². The van der Waals surface area contributed by atoms with Crippen molar-refractivity contribution in [2.45, 2.75) is 19.4 Å². The predicted octanol–water partition coefficient (Wildman–Crippen LogP) is 2.20. The zero-order valence-corrected chi connectivity index (χ0v) is 11.3. The molecule has 1 aromatic rings. The first-order chi connectivity index (χ1) is 8.26. The van der Waals surface area contributed by atoms with Gasteiger partial charge in [0.25, 0.3) is 0 Å². The first-order valence-electron chi connectivity index (χ1n) is 6.22. The SMILES string of the molecule is CCC(CNC)C(NC)c1ccc(OC)cc1. The molecule has 0 fully saturated rings. The summed E-state index contributed by atoms with van der Waals surface area (Å²) in [6.07, 6.45) is 1.15. The minimum absolute atomic E-state index is 0.387. The maximum Gasteiger partial charge on any atom is 0.118 e. The summed E-state index contributed by atoms with van der Waals surface area (Å²) >= 11 is 0. The highest BCUT2D eigenvalue weighted by Crippen LogP contribution is 2.25. The van der Waals surface area contributed by atoms with Gasteiger partial charge in [0, 0.05) is 6.04 Å². The van der Waals surface area contributed by atoms with Crippen molar-refractivity contribution >= 4 is 0 Å². The fourth-order valence-electron chi connectivity index (χ4n) is 2.25. The quantitative estimate of drug-likeness (QED) is 0.761. The van der Waals surface area contributed by atoms with Gasteiger partial charge in [-0.05, 0) is 44.3 Å². The van der Waals surface area contributed by atoms with E-state index in [-0.39, 0.29) is 0 Å². The highest BCUT2D eigenvalue weighted by atomic mass is 16.5. The molecule has 0 aliphatic heterocycles. The van der Waals surface area contributed by atoms with E-state index in [2.05, 4.69) is 29.7 Å². The van der Waals surface area contributed by atoms with Gasteiger partial charge in [0.1, 0.15) is 5.75 Å². The van der Waals surface area contributed by atoms with E-state index in [1.165, 1.54) is 5.56 Å². The second-order valence-corrected chi connectivity index (χ2v) is 4.27. The highest BCUT2D eigenvalue weighted by Gasteiger charge is 2.19. The molecule has 96 valence electrons. The number of ether oxygens (including phenoxy) is 1. The molecule has 17 heavy (non-hydrogen) atoms. The molecule has 1 aromatic carbocycles. The second kappa shape index (κ2) is 7.30. The molecule has 0 aliphatic carbocycles. The molecular formula is C14H24N2O. The molecule has 0 heterocycles. The third kappa shape index (κ3) is 3.72. The molecule has 0 saturated heterocycles. The van der Waals surface area contributed by atoms with Crippen LogP contribution in [0.1, 0.15) is 24.9 Å². The fourth-order valence-corrected chi connectivity index (χ4v) is 2.25. The molecule has 2 atom stereocenters. The first kappa shape index (κ1) is 14.0. The van der Waals surface area contributed by atoms with Crippen molar-refractivity contribution in [2.75, 3.05) is 27.7 Å². The summed E-state index contributed by atoms with van der Waals surface area (Å²) in [5.74, 6) is 1.50. The van der Waals surface area contributed by atoms with Crippen LogP contribution in [-0.2, 0) is 0 Å². The minimum atomic E-state index is 0.387. The fraction of sp³-hybridized carbons (Fsp3) is 0.571. The first-order valence-corrected chi connectivity index (χ1v) is 6.22. The molecule has 0 bridgehead atoms. The topological polar surface area (TPSA) is 33.3 Å². The summed E-state index contributed by atoms with van der Waals surface area (Å²) in [6.45, 7) is 3.25. The van der Waals surface area contributed by atoms with Gasteiger partial charge in [0.2, 0.25) is 0 Å². The van der Waals surface area contributed by atoms with Gasteiger partial charge in [0.05, 0.1) is 7.11 Å². The molecule has 0 aliphatic rings. The lowest BCUT2D eigenvalue weighted by Crippen LogP contribution is -2.31. The zero-order chi connectivity index (χ0) is 12.7. The molecule has 0 aromatic heterocycles. The van der Waals surface area contributed by atoms with Gasteiger partial charge < -0.3 is 15.4 Å². The summed E-state index contributed by atoms with van der Waals surface area (Å²) in [4.78, 5) is 0. The number of hydrogen-bond donors (Lipinski definition) is 2. The van der Waals surface area contributed by atoms with E-state index in [0.29, 0.717) is 12.0 Å². The Morgan fingerprint density at radius 1 is 1.18 bits per heavy atom. The Bertz CT molecular complexity index is 311. The van der Waals surface area contributed by atoms with Crippen molar-refractivity contribution < 1.29 is 4.74 Å². The Labute approximate surface area is 105 Å². The van der Waals surface area contributed by atoms with Gasteiger partial charge in [-0.25, -0.2) is 0 Å². The second-order valence-electron chi connectivity index (χ2n) is 4.27. The normalized spacial score (nSPS) is 14.4. The van der Waals surface area contributed by atoms with Crippen LogP contribution in [0, 0.1) is 5.92 Å². The Morgan fingerprint density at radius 3 is 2.24 bits per heavy atom. The minimum Gasteiger partial charge on any atom is -0.497 e. The number of methoxy groups -OCH3 is 1. The Morgan fingerprint density at radius 2 is 1.82 bits per heavy atom. The molecule has 2 unspecified atom stereocenters. The van der Waals surface area contributed by atoms with Crippen molar-refractivity contribution in [1.29, 1.82) is 0 Å². The van der Waals surface area contributed by atoms with Gasteiger partial charge in [-0.15, -0.1) is 0 Å². The summed E-state index contributed by atoms with van der Waals surface area (Å²) in [6, 6.07) is 8.70. The lowest BCUT2D eigenvalue weighted by molar-refractivity contribution is 0.359. The lowest BCUT2D eigenvalue weighted by atomic mass is 9.91. The zero-order valence-electron chi connectivity index (χ0n) is 11.3. The molecule has 3 heteroatoms. The van der Waals surface area contributed by atoms with Crippen LogP contribution in [0.4, 0.5) is 0 Å². The summed E-state index contributed by atoms with van der Waals surface area (Å²) in [5, 5.41) is 6.67. The molecule has 0 radical (unpaired) electrons. The van der Waals surface area contributed by atoms with Crippen molar-refractivity contribution in [1.82, 2.24) is 10.6 Å². The average Bonchev–Trinajstić information content (AvgIpc) is 2.39. The van der Waals surface area contributed by atoms with E-state index in [0.717, 1.165) is 18.7 Å². The molecular weight excluding hydrogens is 212 g/mol. The van der Waals surface area contributed by atoms with E-state index in [1.54, 1.807) is 7.11 Å². The van der Waals surface area contributed by atoms with Crippen LogP contribution in [-0.4, -0.2) is 27.7 Å². The molecule has 0 amide bonds. The van der Waals surface area contributed by atoms with Crippen LogP contribution in [0.5, 0.6) is 5.75 Å². The summed E-state index contributed by atoms with van der Waals surface area (Å²) < 4.78 is 5.18. The molecule has 3 nitrogen and oxygen atoms in total. The van der Waals surface area contributed by atoms with E-state index in [1.807, 2.05) is 26.2 Å². The number of benzene rings is 1. The third-order valence-electron chi connectivity index (χ3n) is 3.25. The summed E-state index contributed by atoms with van der Waals surface area (Å²) in [7, 11) is 5.72. The van der Waals surface area contributed by atoms with Crippen LogP contribution < -0.4 is 15.4 Å². The highest BCUT2D eigenvalue weighted by molar-refractivity contribution is 5.29. The van der Waals surface area contributed by atoms with E-state index in [4.69, 9.17) is 4.74 Å². The maximum absolute atomic E-state index is 5.18. The van der Waals surface area contributed by atoms with Crippen LogP contribution in [0.25, 0.3) is 0 Å². The molecule has 2 N–H and O–H groups in total. The third-order valence-corrected chi connectivity index (χ3v) is 3.25. The smallest absolute Gasteiger partial charge is 0.118 e. The molecule has 1 rings (SSSR count). The van der Waals surface area contributed by atoms with E-state index in [9.17, 15) is 0 Å². The average molecular weight is 236 g/mol. The number of nitrogens with one attached hydrogen (secondary N) is 2. The van der Waals surface area contributed by atoms with Crippen molar-refractivity contribution in [3.8, 4) is 5.75 Å². The van der Waals surface area contributed by atoms with Gasteiger partial charge in [-0.2, -0.15) is 0 Å².